The van der Waals surface area contributed by atoms with E-state index in [2.05, 4.69) is 36.4 Å². The van der Waals surface area contributed by atoms with Gasteiger partial charge in [0.15, 0.2) is 0 Å². The Kier molecular flexibility index (Phi) is 5.03. The summed E-state index contributed by atoms with van der Waals surface area (Å²) >= 11 is 0. The topological polar surface area (TPSA) is 27.3 Å². The molecule has 1 fully saturated rings. The molecule has 2 N–H and O–H groups in total. The van der Waals surface area contributed by atoms with Crippen molar-refractivity contribution in [2.45, 2.75) is 32.2 Å². The lowest BCUT2D eigenvalue weighted by molar-refractivity contribution is 0.195. The van der Waals surface area contributed by atoms with E-state index in [1.165, 1.54) is 25.9 Å². The van der Waals surface area contributed by atoms with Crippen molar-refractivity contribution in [2.75, 3.05) is 40.3 Å². The fraction of sp³-hybridized carbons (Fsp3) is 1.00. The Morgan fingerprint density at radius 3 is 2.73 bits per heavy atom. The second-order valence-corrected chi connectivity index (χ2v) is 5.57. The third kappa shape index (κ3) is 4.96. The summed E-state index contributed by atoms with van der Waals surface area (Å²) in [7, 11) is 4.24. The van der Waals surface area contributed by atoms with Crippen LogP contribution in [0.15, 0.2) is 0 Å². The summed E-state index contributed by atoms with van der Waals surface area (Å²) in [6, 6.07) is 0. The number of nitrogens with one attached hydrogen (secondary N) is 2. The fourth-order valence-electron chi connectivity index (χ4n) is 2.36. The van der Waals surface area contributed by atoms with Crippen molar-refractivity contribution < 1.29 is 0 Å². The lowest BCUT2D eigenvalue weighted by Gasteiger charge is -2.33. The van der Waals surface area contributed by atoms with Crippen molar-refractivity contribution in [3.63, 3.8) is 0 Å². The number of likely N-dealkylation sites (tertiary alicyclic amines) is 1. The van der Waals surface area contributed by atoms with Gasteiger partial charge in [-0.2, -0.15) is 0 Å². The molecule has 1 heterocycles. The first-order chi connectivity index (χ1) is 7.03. The summed E-state index contributed by atoms with van der Waals surface area (Å²) in [6.45, 7) is 9.22. The van der Waals surface area contributed by atoms with Crippen LogP contribution in [0.2, 0.25) is 0 Å². The SMILES string of the molecule is CNCC(C)(C)NCC1CCCN(C)C1. The number of rotatable bonds is 5. The van der Waals surface area contributed by atoms with E-state index in [9.17, 15) is 0 Å². The molecule has 0 bridgehead atoms. The molecular formula is C12H27N3. The smallest absolute Gasteiger partial charge is 0.0249 e. The molecule has 0 amide bonds. The Hall–Kier alpha value is -0.120. The first-order valence-corrected chi connectivity index (χ1v) is 6.12. The maximum atomic E-state index is 3.66. The molecule has 1 rings (SSSR count). The highest BCUT2D eigenvalue weighted by atomic mass is 15.1. The van der Waals surface area contributed by atoms with Gasteiger partial charge in [-0.1, -0.05) is 0 Å². The molecule has 0 aromatic carbocycles. The first-order valence-electron chi connectivity index (χ1n) is 6.12. The molecule has 0 saturated carbocycles. The Bertz CT molecular complexity index is 180. The van der Waals surface area contributed by atoms with Gasteiger partial charge < -0.3 is 15.5 Å². The van der Waals surface area contributed by atoms with Crippen molar-refractivity contribution >= 4 is 0 Å². The van der Waals surface area contributed by atoms with Gasteiger partial charge in [-0.25, -0.2) is 0 Å². The molecule has 0 aromatic heterocycles. The van der Waals surface area contributed by atoms with Crippen LogP contribution >= 0.6 is 0 Å². The van der Waals surface area contributed by atoms with Crippen LogP contribution in [0, 0.1) is 5.92 Å². The molecule has 3 heteroatoms. The highest BCUT2D eigenvalue weighted by Gasteiger charge is 2.21. The van der Waals surface area contributed by atoms with Crippen LogP contribution in [-0.4, -0.2) is 50.7 Å². The van der Waals surface area contributed by atoms with E-state index in [-0.39, 0.29) is 5.54 Å². The van der Waals surface area contributed by atoms with Gasteiger partial charge in [0.2, 0.25) is 0 Å². The van der Waals surface area contributed by atoms with Crippen LogP contribution in [0.5, 0.6) is 0 Å². The number of hydrogen-bond donors (Lipinski definition) is 2. The quantitative estimate of drug-likeness (QED) is 0.711. The van der Waals surface area contributed by atoms with Crippen LogP contribution in [-0.2, 0) is 0 Å². The predicted octanol–water partition coefficient (Wildman–Crippen LogP) is 0.916. The molecule has 90 valence electrons. The second kappa shape index (κ2) is 5.83. The molecule has 1 aliphatic rings. The maximum absolute atomic E-state index is 3.66. The normalized spacial score (nSPS) is 24.4. The monoisotopic (exact) mass is 213 g/mol. The Balaban J connectivity index is 2.23. The minimum atomic E-state index is 0.213. The van der Waals surface area contributed by atoms with E-state index in [1.807, 2.05) is 7.05 Å². The largest absolute Gasteiger partial charge is 0.318 e. The average Bonchev–Trinajstić information content (AvgIpc) is 2.15. The molecule has 0 aliphatic carbocycles. The fourth-order valence-corrected chi connectivity index (χ4v) is 2.36. The van der Waals surface area contributed by atoms with Crippen molar-refractivity contribution in [2.24, 2.45) is 5.92 Å². The van der Waals surface area contributed by atoms with E-state index in [4.69, 9.17) is 0 Å². The molecule has 15 heavy (non-hydrogen) atoms. The lowest BCUT2D eigenvalue weighted by atomic mass is 9.96. The summed E-state index contributed by atoms with van der Waals surface area (Å²) in [5.74, 6) is 0.833. The molecule has 0 radical (unpaired) electrons. The van der Waals surface area contributed by atoms with Crippen LogP contribution in [0.25, 0.3) is 0 Å². The first kappa shape index (κ1) is 12.9. The van der Waals surface area contributed by atoms with Gasteiger partial charge in [-0.05, 0) is 59.8 Å². The van der Waals surface area contributed by atoms with E-state index < -0.39 is 0 Å². The van der Waals surface area contributed by atoms with Gasteiger partial charge in [0.1, 0.15) is 0 Å². The average molecular weight is 213 g/mol. The third-order valence-corrected chi connectivity index (χ3v) is 3.21. The molecule has 1 saturated heterocycles. The van der Waals surface area contributed by atoms with E-state index in [0.29, 0.717) is 0 Å². The van der Waals surface area contributed by atoms with Gasteiger partial charge >= 0.3 is 0 Å². The zero-order valence-electron chi connectivity index (χ0n) is 10.8. The van der Waals surface area contributed by atoms with Crippen molar-refractivity contribution in [3.05, 3.63) is 0 Å². The predicted molar refractivity (Wildman–Crippen MR) is 66.2 cm³/mol. The van der Waals surface area contributed by atoms with Crippen molar-refractivity contribution in [1.82, 2.24) is 15.5 Å². The lowest BCUT2D eigenvalue weighted by Crippen LogP contribution is -2.50. The van der Waals surface area contributed by atoms with E-state index in [1.54, 1.807) is 0 Å². The molecule has 0 aromatic rings. The highest BCUT2D eigenvalue weighted by molar-refractivity contribution is 4.82. The van der Waals surface area contributed by atoms with Gasteiger partial charge in [0.05, 0.1) is 0 Å². The molecule has 1 unspecified atom stereocenters. The van der Waals surface area contributed by atoms with Crippen LogP contribution in [0.3, 0.4) is 0 Å². The van der Waals surface area contributed by atoms with Crippen molar-refractivity contribution in [3.8, 4) is 0 Å². The minimum Gasteiger partial charge on any atom is -0.318 e. The van der Waals surface area contributed by atoms with Crippen LogP contribution < -0.4 is 10.6 Å². The van der Waals surface area contributed by atoms with Gasteiger partial charge in [0.25, 0.3) is 0 Å². The number of likely N-dealkylation sites (N-methyl/N-ethyl adjacent to an activating group) is 1. The number of piperidine rings is 1. The number of hydrogen-bond acceptors (Lipinski definition) is 3. The summed E-state index contributed by atoms with van der Waals surface area (Å²) in [5.41, 5.74) is 0.213. The van der Waals surface area contributed by atoms with Crippen LogP contribution in [0.4, 0.5) is 0 Å². The standard InChI is InChI=1S/C12H27N3/c1-12(2,10-13-3)14-8-11-6-5-7-15(4)9-11/h11,13-14H,5-10H2,1-4H3. The summed E-state index contributed by atoms with van der Waals surface area (Å²) in [5, 5.41) is 6.89. The Morgan fingerprint density at radius 2 is 2.13 bits per heavy atom. The summed E-state index contributed by atoms with van der Waals surface area (Å²) in [6.07, 6.45) is 2.74. The molecular weight excluding hydrogens is 186 g/mol. The van der Waals surface area contributed by atoms with Gasteiger partial charge in [-0.15, -0.1) is 0 Å². The molecule has 1 aliphatic heterocycles. The third-order valence-electron chi connectivity index (χ3n) is 3.21. The minimum absolute atomic E-state index is 0.213. The van der Waals surface area contributed by atoms with Crippen LogP contribution in [0.1, 0.15) is 26.7 Å². The van der Waals surface area contributed by atoms with E-state index in [0.717, 1.165) is 19.0 Å². The van der Waals surface area contributed by atoms with E-state index >= 15 is 0 Å². The Labute approximate surface area is 94.6 Å². The zero-order chi connectivity index (χ0) is 11.3. The molecule has 1 atom stereocenters. The molecule has 0 spiro atoms. The van der Waals surface area contributed by atoms with Gasteiger partial charge in [-0.3, -0.25) is 0 Å². The summed E-state index contributed by atoms with van der Waals surface area (Å²) < 4.78 is 0. The second-order valence-electron chi connectivity index (χ2n) is 5.57. The maximum Gasteiger partial charge on any atom is 0.0249 e. The van der Waals surface area contributed by atoms with Crippen molar-refractivity contribution in [1.29, 1.82) is 0 Å². The zero-order valence-corrected chi connectivity index (χ0v) is 10.8. The molecule has 3 nitrogen and oxygen atoms in total. The number of nitrogens with zero attached hydrogens (tertiary/aromatic N) is 1. The Morgan fingerprint density at radius 1 is 1.40 bits per heavy atom. The van der Waals surface area contributed by atoms with Gasteiger partial charge in [0, 0.05) is 18.6 Å². The highest BCUT2D eigenvalue weighted by Crippen LogP contribution is 2.15. The summed E-state index contributed by atoms with van der Waals surface area (Å²) in [4.78, 5) is 2.45.